The predicted molar refractivity (Wildman–Crippen MR) is 83.6 cm³/mol. The normalized spacial score (nSPS) is 10.9. The van der Waals surface area contributed by atoms with Gasteiger partial charge in [-0.05, 0) is 18.6 Å². The number of nitrogens with two attached hydrogens (primary N) is 1. The lowest BCUT2D eigenvalue weighted by Gasteiger charge is -2.15. The Balaban J connectivity index is 0. The van der Waals surface area contributed by atoms with Crippen LogP contribution in [-0.4, -0.2) is 23.5 Å². The molecular formula is C12H20Cl3N3O. The van der Waals surface area contributed by atoms with E-state index >= 15 is 0 Å². The molecule has 0 spiro atoms. The fraction of sp³-hybridized carbons (Fsp3) is 0.500. The highest BCUT2D eigenvalue weighted by molar-refractivity contribution is 6.30. The maximum absolute atomic E-state index is 11.8. The van der Waals surface area contributed by atoms with Crippen molar-refractivity contribution in [2.24, 2.45) is 5.73 Å². The van der Waals surface area contributed by atoms with Gasteiger partial charge in [-0.3, -0.25) is 4.79 Å². The van der Waals surface area contributed by atoms with Gasteiger partial charge in [-0.15, -0.1) is 24.8 Å². The summed E-state index contributed by atoms with van der Waals surface area (Å²) in [5.74, 6) is -0.201. The molecule has 1 rings (SSSR count). The Morgan fingerprint density at radius 1 is 1.47 bits per heavy atom. The van der Waals surface area contributed by atoms with Crippen molar-refractivity contribution in [2.45, 2.75) is 32.2 Å². The summed E-state index contributed by atoms with van der Waals surface area (Å²) in [5, 5.41) is 3.38. The van der Waals surface area contributed by atoms with E-state index in [-0.39, 0.29) is 36.8 Å². The highest BCUT2D eigenvalue weighted by atomic mass is 35.5. The predicted octanol–water partition coefficient (Wildman–Crippen LogP) is 2.83. The molecule has 0 aliphatic heterocycles. The van der Waals surface area contributed by atoms with Crippen LogP contribution < -0.4 is 11.1 Å². The molecule has 0 saturated carbocycles. The van der Waals surface area contributed by atoms with E-state index < -0.39 is 0 Å². The molecule has 1 atom stereocenters. The van der Waals surface area contributed by atoms with Crippen molar-refractivity contribution in [3.63, 3.8) is 0 Å². The van der Waals surface area contributed by atoms with Gasteiger partial charge in [-0.2, -0.15) is 0 Å². The number of unbranched alkanes of at least 4 members (excludes halogenated alkanes) is 1. The number of nitrogens with zero attached hydrogens (tertiary/aromatic N) is 1. The first-order valence-corrected chi connectivity index (χ1v) is 6.17. The zero-order valence-corrected chi connectivity index (χ0v) is 13.2. The molecule has 3 N–H and O–H groups in total. The first-order chi connectivity index (χ1) is 8.17. The van der Waals surface area contributed by atoms with Gasteiger partial charge in [0.2, 0.25) is 0 Å². The lowest BCUT2D eigenvalue weighted by atomic mass is 10.1. The highest BCUT2D eigenvalue weighted by Crippen LogP contribution is 2.07. The molecule has 0 saturated heterocycles. The topological polar surface area (TPSA) is 68.0 Å². The minimum Gasteiger partial charge on any atom is -0.347 e. The van der Waals surface area contributed by atoms with E-state index in [9.17, 15) is 4.79 Å². The van der Waals surface area contributed by atoms with Crippen molar-refractivity contribution in [3.05, 3.63) is 29.0 Å². The average molecular weight is 329 g/mol. The Morgan fingerprint density at radius 3 is 2.63 bits per heavy atom. The van der Waals surface area contributed by atoms with Gasteiger partial charge in [0.25, 0.3) is 5.91 Å². The van der Waals surface area contributed by atoms with Crippen molar-refractivity contribution in [1.82, 2.24) is 10.3 Å². The number of halogens is 3. The number of carbonyl (C=O) groups excluding carboxylic acids is 1. The second kappa shape index (κ2) is 11.3. The lowest BCUT2D eigenvalue weighted by molar-refractivity contribution is 0.0931. The van der Waals surface area contributed by atoms with E-state index in [2.05, 4.69) is 17.2 Å². The van der Waals surface area contributed by atoms with Gasteiger partial charge in [0.1, 0.15) is 5.69 Å². The van der Waals surface area contributed by atoms with Crippen LogP contribution in [0, 0.1) is 0 Å². The smallest absolute Gasteiger partial charge is 0.270 e. The van der Waals surface area contributed by atoms with Crippen LogP contribution in [0.2, 0.25) is 5.02 Å². The molecule has 1 amide bonds. The summed E-state index contributed by atoms with van der Waals surface area (Å²) in [5.41, 5.74) is 5.97. The van der Waals surface area contributed by atoms with E-state index in [1.54, 1.807) is 12.1 Å². The van der Waals surface area contributed by atoms with E-state index in [4.69, 9.17) is 17.3 Å². The number of rotatable bonds is 6. The average Bonchev–Trinajstić information content (AvgIpc) is 2.35. The molecule has 0 fully saturated rings. The number of pyridine rings is 1. The van der Waals surface area contributed by atoms with Crippen molar-refractivity contribution >= 4 is 42.3 Å². The highest BCUT2D eigenvalue weighted by Gasteiger charge is 2.12. The molecule has 0 bridgehead atoms. The van der Waals surface area contributed by atoms with Gasteiger partial charge in [-0.25, -0.2) is 4.98 Å². The summed E-state index contributed by atoms with van der Waals surface area (Å²) in [4.78, 5) is 15.8. The number of aromatic nitrogens is 1. The molecule has 0 aromatic carbocycles. The van der Waals surface area contributed by atoms with Crippen LogP contribution >= 0.6 is 36.4 Å². The van der Waals surface area contributed by atoms with Gasteiger partial charge in [0, 0.05) is 18.8 Å². The van der Waals surface area contributed by atoms with Crippen LogP contribution in [0.25, 0.3) is 0 Å². The molecule has 1 unspecified atom stereocenters. The third-order valence-electron chi connectivity index (χ3n) is 2.49. The maximum atomic E-state index is 11.8. The largest absolute Gasteiger partial charge is 0.347 e. The Hall–Kier alpha value is -0.550. The molecular weight excluding hydrogens is 309 g/mol. The van der Waals surface area contributed by atoms with Crippen molar-refractivity contribution in [3.8, 4) is 0 Å². The minimum absolute atomic E-state index is 0. The minimum atomic E-state index is -0.201. The van der Waals surface area contributed by atoms with Crippen LogP contribution in [0.3, 0.4) is 0 Å². The molecule has 4 nitrogen and oxygen atoms in total. The van der Waals surface area contributed by atoms with Crippen LogP contribution in [0.4, 0.5) is 0 Å². The first-order valence-electron chi connectivity index (χ1n) is 5.79. The Bertz CT molecular complexity index is 360. The lowest BCUT2D eigenvalue weighted by Crippen LogP contribution is -2.40. The quantitative estimate of drug-likeness (QED) is 0.843. The Labute approximate surface area is 131 Å². The van der Waals surface area contributed by atoms with Gasteiger partial charge >= 0.3 is 0 Å². The summed E-state index contributed by atoms with van der Waals surface area (Å²) in [7, 11) is 0. The number of hydrogen-bond donors (Lipinski definition) is 2. The molecule has 0 aliphatic carbocycles. The first kappa shape index (κ1) is 20.8. The molecule has 1 aromatic rings. The Kier molecular flexibility index (Phi) is 12.3. The SMILES string of the molecule is CCCCC(CN)NC(=O)c1ccc(Cl)cn1.Cl.Cl. The third kappa shape index (κ3) is 7.57. The fourth-order valence-electron chi connectivity index (χ4n) is 1.47. The van der Waals surface area contributed by atoms with Crippen molar-refractivity contribution < 1.29 is 4.79 Å². The molecule has 0 aliphatic rings. The standard InChI is InChI=1S/C12H18ClN3O.2ClH/c1-2-3-4-10(7-14)16-12(17)11-6-5-9(13)8-15-11;;/h5-6,8,10H,2-4,7,14H2,1H3,(H,16,17);2*1H. The fourth-order valence-corrected chi connectivity index (χ4v) is 1.58. The van der Waals surface area contributed by atoms with E-state index in [1.807, 2.05) is 0 Å². The van der Waals surface area contributed by atoms with E-state index in [0.29, 0.717) is 17.3 Å². The zero-order valence-electron chi connectivity index (χ0n) is 10.8. The van der Waals surface area contributed by atoms with E-state index in [1.165, 1.54) is 6.20 Å². The van der Waals surface area contributed by atoms with Gasteiger partial charge in [0.05, 0.1) is 5.02 Å². The second-order valence-electron chi connectivity index (χ2n) is 3.91. The maximum Gasteiger partial charge on any atom is 0.270 e. The zero-order chi connectivity index (χ0) is 12.7. The molecule has 1 aromatic heterocycles. The summed E-state index contributed by atoms with van der Waals surface area (Å²) in [6, 6.07) is 3.26. The van der Waals surface area contributed by atoms with Gasteiger partial charge in [-0.1, -0.05) is 31.4 Å². The monoisotopic (exact) mass is 327 g/mol. The van der Waals surface area contributed by atoms with Crippen molar-refractivity contribution in [2.75, 3.05) is 6.54 Å². The second-order valence-corrected chi connectivity index (χ2v) is 4.35. The molecule has 7 heteroatoms. The van der Waals surface area contributed by atoms with E-state index in [0.717, 1.165) is 19.3 Å². The summed E-state index contributed by atoms with van der Waals surface area (Å²) < 4.78 is 0. The van der Waals surface area contributed by atoms with Crippen molar-refractivity contribution in [1.29, 1.82) is 0 Å². The summed E-state index contributed by atoms with van der Waals surface area (Å²) >= 11 is 5.70. The van der Waals surface area contributed by atoms with Gasteiger partial charge in [0.15, 0.2) is 0 Å². The number of nitrogens with one attached hydrogen (secondary N) is 1. The summed E-state index contributed by atoms with van der Waals surface area (Å²) in [6.45, 7) is 2.55. The Morgan fingerprint density at radius 2 is 2.16 bits per heavy atom. The van der Waals surface area contributed by atoms with Crippen LogP contribution in [0.15, 0.2) is 18.3 Å². The van der Waals surface area contributed by atoms with Crippen LogP contribution in [0.5, 0.6) is 0 Å². The number of amides is 1. The molecule has 0 radical (unpaired) electrons. The summed E-state index contributed by atoms with van der Waals surface area (Å²) in [6.07, 6.45) is 4.49. The number of carbonyl (C=O) groups is 1. The number of hydrogen-bond acceptors (Lipinski definition) is 3. The molecule has 110 valence electrons. The molecule has 1 heterocycles. The van der Waals surface area contributed by atoms with Gasteiger partial charge < -0.3 is 11.1 Å². The van der Waals surface area contributed by atoms with Crippen LogP contribution in [0.1, 0.15) is 36.7 Å². The molecule has 19 heavy (non-hydrogen) atoms. The van der Waals surface area contributed by atoms with Crippen LogP contribution in [-0.2, 0) is 0 Å². The third-order valence-corrected chi connectivity index (χ3v) is 2.71.